The smallest absolute Gasteiger partial charge is 0.338 e. The molecular formula is C19H22N2O3. The predicted octanol–water partition coefficient (Wildman–Crippen LogP) is 2.49. The Bertz CT molecular complexity index is 694. The van der Waals surface area contributed by atoms with Crippen LogP contribution in [0.4, 0.5) is 0 Å². The Kier molecular flexibility index (Phi) is 6.09. The van der Waals surface area contributed by atoms with Crippen LogP contribution in [0.5, 0.6) is 0 Å². The first-order valence-electron chi connectivity index (χ1n) is 7.87. The highest BCUT2D eigenvalue weighted by Crippen LogP contribution is 2.12. The third-order valence-electron chi connectivity index (χ3n) is 3.65. The Balaban J connectivity index is 1.91. The molecule has 0 heterocycles. The normalized spacial score (nSPS) is 11.6. The number of carbonyl (C=O) groups excluding carboxylic acids is 2. The molecule has 2 aromatic carbocycles. The number of aryl methyl sites for hydroxylation is 1. The summed E-state index contributed by atoms with van der Waals surface area (Å²) in [6.45, 7) is 4.43. The van der Waals surface area contributed by atoms with Crippen molar-refractivity contribution in [1.82, 2.24) is 5.32 Å². The first kappa shape index (κ1) is 17.7. The Morgan fingerprint density at radius 3 is 2.29 bits per heavy atom. The van der Waals surface area contributed by atoms with Gasteiger partial charge in [0, 0.05) is 6.54 Å². The van der Waals surface area contributed by atoms with Gasteiger partial charge >= 0.3 is 5.97 Å². The molecule has 3 N–H and O–H groups in total. The Labute approximate surface area is 141 Å². The summed E-state index contributed by atoms with van der Waals surface area (Å²) in [6, 6.07) is 13.8. The van der Waals surface area contributed by atoms with Gasteiger partial charge in [-0.2, -0.15) is 0 Å². The van der Waals surface area contributed by atoms with Gasteiger partial charge in [-0.3, -0.25) is 4.79 Å². The van der Waals surface area contributed by atoms with E-state index in [0.29, 0.717) is 18.7 Å². The maximum Gasteiger partial charge on any atom is 0.338 e. The lowest BCUT2D eigenvalue weighted by Crippen LogP contribution is -2.33. The maximum atomic E-state index is 12.2. The standard InChI is InChI=1S/C19H22N2O3/c1-3-24-19(23)16-10-6-14(7-11-16)12-21-18(22)17(20)15-8-4-13(2)5-9-15/h4-11,17H,3,12,20H2,1-2H3,(H,21,22). The summed E-state index contributed by atoms with van der Waals surface area (Å²) < 4.78 is 4.93. The number of nitrogens with one attached hydrogen (secondary N) is 1. The minimum absolute atomic E-state index is 0.242. The lowest BCUT2D eigenvalue weighted by atomic mass is 10.1. The number of carbonyl (C=O) groups is 2. The highest BCUT2D eigenvalue weighted by atomic mass is 16.5. The molecule has 24 heavy (non-hydrogen) atoms. The molecule has 0 aliphatic rings. The second-order valence-electron chi connectivity index (χ2n) is 5.52. The molecule has 0 fully saturated rings. The fourth-order valence-corrected chi connectivity index (χ4v) is 2.20. The zero-order chi connectivity index (χ0) is 17.5. The zero-order valence-electron chi connectivity index (χ0n) is 13.9. The van der Waals surface area contributed by atoms with Gasteiger partial charge in [-0.15, -0.1) is 0 Å². The molecule has 0 aromatic heterocycles. The zero-order valence-corrected chi connectivity index (χ0v) is 13.9. The van der Waals surface area contributed by atoms with Gasteiger partial charge in [-0.1, -0.05) is 42.0 Å². The topological polar surface area (TPSA) is 81.4 Å². The number of amides is 1. The Morgan fingerprint density at radius 2 is 1.71 bits per heavy atom. The fraction of sp³-hybridized carbons (Fsp3) is 0.263. The maximum absolute atomic E-state index is 12.2. The Morgan fingerprint density at radius 1 is 1.08 bits per heavy atom. The van der Waals surface area contributed by atoms with Crippen LogP contribution in [0.1, 0.15) is 40.0 Å². The van der Waals surface area contributed by atoms with E-state index in [2.05, 4.69) is 5.32 Å². The number of rotatable bonds is 6. The summed E-state index contributed by atoms with van der Waals surface area (Å²) in [5, 5.41) is 2.81. The third-order valence-corrected chi connectivity index (χ3v) is 3.65. The molecule has 1 atom stereocenters. The van der Waals surface area contributed by atoms with Gasteiger partial charge in [0.2, 0.25) is 5.91 Å². The summed E-state index contributed by atoms with van der Waals surface area (Å²) in [7, 11) is 0. The summed E-state index contributed by atoms with van der Waals surface area (Å²) >= 11 is 0. The summed E-state index contributed by atoms with van der Waals surface area (Å²) in [6.07, 6.45) is 0. The minimum atomic E-state index is -0.704. The van der Waals surface area contributed by atoms with Crippen molar-refractivity contribution in [2.45, 2.75) is 26.4 Å². The van der Waals surface area contributed by atoms with E-state index in [4.69, 9.17) is 10.5 Å². The molecule has 5 nitrogen and oxygen atoms in total. The summed E-state index contributed by atoms with van der Waals surface area (Å²) in [5.74, 6) is -0.595. The van der Waals surface area contributed by atoms with Crippen molar-refractivity contribution < 1.29 is 14.3 Å². The van der Waals surface area contributed by atoms with Crippen LogP contribution in [0.15, 0.2) is 48.5 Å². The van der Waals surface area contributed by atoms with Crippen molar-refractivity contribution in [3.8, 4) is 0 Å². The van der Waals surface area contributed by atoms with Crippen LogP contribution < -0.4 is 11.1 Å². The summed E-state index contributed by atoms with van der Waals surface area (Å²) in [4.78, 5) is 23.7. The van der Waals surface area contributed by atoms with Gasteiger partial charge in [0.25, 0.3) is 0 Å². The lowest BCUT2D eigenvalue weighted by Gasteiger charge is -2.13. The molecule has 126 valence electrons. The molecule has 0 radical (unpaired) electrons. The van der Waals surface area contributed by atoms with Gasteiger partial charge < -0.3 is 15.8 Å². The van der Waals surface area contributed by atoms with Gasteiger partial charge in [0.15, 0.2) is 0 Å². The highest BCUT2D eigenvalue weighted by molar-refractivity contribution is 5.89. The highest BCUT2D eigenvalue weighted by Gasteiger charge is 2.15. The number of nitrogens with two attached hydrogens (primary N) is 1. The van der Waals surface area contributed by atoms with Crippen LogP contribution in [0, 0.1) is 6.92 Å². The van der Waals surface area contributed by atoms with Gasteiger partial charge in [-0.05, 0) is 37.1 Å². The molecular weight excluding hydrogens is 304 g/mol. The van der Waals surface area contributed by atoms with E-state index in [0.717, 1.165) is 16.7 Å². The third kappa shape index (κ3) is 4.67. The molecule has 0 saturated heterocycles. The first-order valence-corrected chi connectivity index (χ1v) is 7.87. The number of hydrogen-bond donors (Lipinski definition) is 2. The van der Waals surface area contributed by atoms with Crippen molar-refractivity contribution in [2.24, 2.45) is 5.73 Å². The molecule has 1 unspecified atom stereocenters. The largest absolute Gasteiger partial charge is 0.462 e. The van der Waals surface area contributed by atoms with E-state index in [1.807, 2.05) is 31.2 Å². The molecule has 0 saturated carbocycles. The van der Waals surface area contributed by atoms with Crippen LogP contribution in [0.3, 0.4) is 0 Å². The number of hydrogen-bond acceptors (Lipinski definition) is 4. The van der Waals surface area contributed by atoms with E-state index in [1.54, 1.807) is 31.2 Å². The molecule has 0 spiro atoms. The molecule has 0 bridgehead atoms. The number of benzene rings is 2. The van der Waals surface area contributed by atoms with E-state index >= 15 is 0 Å². The average molecular weight is 326 g/mol. The van der Waals surface area contributed by atoms with Crippen molar-refractivity contribution in [3.63, 3.8) is 0 Å². The first-order chi connectivity index (χ1) is 11.5. The molecule has 2 rings (SSSR count). The van der Waals surface area contributed by atoms with Crippen LogP contribution in [0.25, 0.3) is 0 Å². The Hall–Kier alpha value is -2.66. The van der Waals surface area contributed by atoms with E-state index in [9.17, 15) is 9.59 Å². The van der Waals surface area contributed by atoms with Crippen LogP contribution in [-0.2, 0) is 16.1 Å². The van der Waals surface area contributed by atoms with Gasteiger partial charge in [0.1, 0.15) is 6.04 Å². The van der Waals surface area contributed by atoms with E-state index in [1.165, 1.54) is 0 Å². The van der Waals surface area contributed by atoms with Crippen LogP contribution >= 0.6 is 0 Å². The quantitative estimate of drug-likeness (QED) is 0.799. The van der Waals surface area contributed by atoms with Crippen LogP contribution in [0.2, 0.25) is 0 Å². The SMILES string of the molecule is CCOC(=O)c1ccc(CNC(=O)C(N)c2ccc(C)cc2)cc1. The van der Waals surface area contributed by atoms with E-state index in [-0.39, 0.29) is 11.9 Å². The average Bonchev–Trinajstić information content (AvgIpc) is 2.60. The van der Waals surface area contributed by atoms with Crippen LogP contribution in [-0.4, -0.2) is 18.5 Å². The molecule has 0 aliphatic heterocycles. The van der Waals surface area contributed by atoms with Crippen molar-refractivity contribution >= 4 is 11.9 Å². The second-order valence-corrected chi connectivity index (χ2v) is 5.52. The van der Waals surface area contributed by atoms with E-state index < -0.39 is 6.04 Å². The summed E-state index contributed by atoms with van der Waals surface area (Å²) in [5.41, 5.74) is 9.24. The molecule has 1 amide bonds. The molecule has 5 heteroatoms. The molecule has 2 aromatic rings. The fourth-order valence-electron chi connectivity index (χ4n) is 2.20. The monoisotopic (exact) mass is 326 g/mol. The predicted molar refractivity (Wildman–Crippen MR) is 92.4 cm³/mol. The second kappa shape index (κ2) is 8.26. The number of esters is 1. The molecule has 0 aliphatic carbocycles. The lowest BCUT2D eigenvalue weighted by molar-refractivity contribution is -0.122. The van der Waals surface area contributed by atoms with Gasteiger partial charge in [0.05, 0.1) is 12.2 Å². The van der Waals surface area contributed by atoms with Crippen molar-refractivity contribution in [3.05, 3.63) is 70.8 Å². The van der Waals surface area contributed by atoms with Gasteiger partial charge in [-0.25, -0.2) is 4.79 Å². The number of ether oxygens (including phenoxy) is 1. The van der Waals surface area contributed by atoms with Crippen molar-refractivity contribution in [2.75, 3.05) is 6.61 Å². The minimum Gasteiger partial charge on any atom is -0.462 e. The van der Waals surface area contributed by atoms with Crippen molar-refractivity contribution in [1.29, 1.82) is 0 Å².